The van der Waals surface area contributed by atoms with Crippen LogP contribution in [0.3, 0.4) is 0 Å². The van der Waals surface area contributed by atoms with E-state index in [-0.39, 0.29) is 12.4 Å². The number of nitrogens with two attached hydrogens (primary N) is 1. The molecule has 0 spiro atoms. The van der Waals surface area contributed by atoms with Gasteiger partial charge in [0.1, 0.15) is 5.58 Å². The highest BCUT2D eigenvalue weighted by Gasteiger charge is 2.36. The Balaban J connectivity index is 0.00000182. The largest absolute Gasteiger partial charge is 0.451 e. The van der Waals surface area contributed by atoms with Gasteiger partial charge in [0.2, 0.25) is 0 Å². The molecule has 0 bridgehead atoms. The predicted molar refractivity (Wildman–Crippen MR) is 98.5 cm³/mol. The summed E-state index contributed by atoms with van der Waals surface area (Å²) in [7, 11) is 4.05. The third-order valence-electron chi connectivity index (χ3n) is 4.73. The van der Waals surface area contributed by atoms with Gasteiger partial charge in [-0.1, -0.05) is 36.2 Å². The topological polar surface area (TPSA) is 81.3 Å². The Morgan fingerprint density at radius 2 is 1.92 bits per heavy atom. The van der Waals surface area contributed by atoms with Crippen molar-refractivity contribution in [3.8, 4) is 11.7 Å². The van der Waals surface area contributed by atoms with Crippen LogP contribution in [0.1, 0.15) is 37.1 Å². The van der Waals surface area contributed by atoms with Crippen LogP contribution >= 0.6 is 12.4 Å². The van der Waals surface area contributed by atoms with Crippen LogP contribution in [-0.4, -0.2) is 29.1 Å². The monoisotopic (exact) mass is 362 g/mol. The lowest BCUT2D eigenvalue weighted by molar-refractivity contribution is 0.367. The van der Waals surface area contributed by atoms with E-state index in [1.807, 2.05) is 32.3 Å². The van der Waals surface area contributed by atoms with Crippen LogP contribution in [0.15, 0.2) is 33.2 Å². The summed E-state index contributed by atoms with van der Waals surface area (Å²) in [5, 5.41) is 5.23. The van der Waals surface area contributed by atoms with Crippen molar-refractivity contribution < 1.29 is 8.94 Å². The molecule has 0 unspecified atom stereocenters. The molecule has 25 heavy (non-hydrogen) atoms. The quantitative estimate of drug-likeness (QED) is 0.762. The van der Waals surface area contributed by atoms with E-state index in [1.54, 1.807) is 0 Å². The van der Waals surface area contributed by atoms with Crippen molar-refractivity contribution in [1.29, 1.82) is 0 Å². The van der Waals surface area contributed by atoms with Gasteiger partial charge < -0.3 is 19.6 Å². The van der Waals surface area contributed by atoms with Crippen LogP contribution in [0.5, 0.6) is 0 Å². The summed E-state index contributed by atoms with van der Waals surface area (Å²) in [6.07, 6.45) is 4.01. The zero-order valence-electron chi connectivity index (χ0n) is 14.5. The van der Waals surface area contributed by atoms with Gasteiger partial charge in [0.05, 0.1) is 5.54 Å². The molecule has 2 heterocycles. The molecule has 1 aliphatic carbocycles. The van der Waals surface area contributed by atoms with Crippen LogP contribution in [0.2, 0.25) is 0 Å². The molecule has 0 radical (unpaired) electrons. The van der Waals surface area contributed by atoms with Crippen molar-refractivity contribution in [3.05, 3.63) is 35.7 Å². The number of aromatic nitrogens is 2. The van der Waals surface area contributed by atoms with Crippen molar-refractivity contribution in [3.63, 3.8) is 0 Å². The maximum absolute atomic E-state index is 6.44. The van der Waals surface area contributed by atoms with Gasteiger partial charge in [0.25, 0.3) is 5.89 Å². The second-order valence-corrected chi connectivity index (χ2v) is 6.93. The van der Waals surface area contributed by atoms with Crippen molar-refractivity contribution in [2.45, 2.75) is 37.8 Å². The highest BCUT2D eigenvalue weighted by Crippen LogP contribution is 2.37. The predicted octanol–water partition coefficient (Wildman–Crippen LogP) is 3.69. The SMILES string of the molecule is CN(C)Cc1c(-c2nc(C3(N)CCCC3)no2)oc2ccccc12.Cl. The van der Waals surface area contributed by atoms with E-state index in [2.05, 4.69) is 21.1 Å². The van der Waals surface area contributed by atoms with Gasteiger partial charge in [-0.15, -0.1) is 12.4 Å². The molecule has 1 aromatic carbocycles. The average molecular weight is 363 g/mol. The van der Waals surface area contributed by atoms with Gasteiger partial charge >= 0.3 is 0 Å². The zero-order valence-corrected chi connectivity index (χ0v) is 15.3. The highest BCUT2D eigenvalue weighted by atomic mass is 35.5. The molecule has 7 heteroatoms. The van der Waals surface area contributed by atoms with Crippen molar-refractivity contribution >= 4 is 23.4 Å². The Morgan fingerprint density at radius 3 is 2.64 bits per heavy atom. The molecular weight excluding hydrogens is 340 g/mol. The number of nitrogens with zero attached hydrogens (tertiary/aromatic N) is 3. The summed E-state index contributed by atoms with van der Waals surface area (Å²) < 4.78 is 11.6. The maximum atomic E-state index is 6.44. The molecule has 4 rings (SSSR count). The molecule has 6 nitrogen and oxygen atoms in total. The summed E-state index contributed by atoms with van der Waals surface area (Å²) >= 11 is 0. The molecule has 1 fully saturated rings. The molecule has 1 aliphatic rings. The Bertz CT molecular complexity index is 865. The van der Waals surface area contributed by atoms with Crippen molar-refractivity contribution in [2.75, 3.05) is 14.1 Å². The minimum absolute atomic E-state index is 0. The Labute approximate surface area is 152 Å². The van der Waals surface area contributed by atoms with E-state index < -0.39 is 5.54 Å². The fraction of sp³-hybridized carbons (Fsp3) is 0.444. The summed E-state index contributed by atoms with van der Waals surface area (Å²) in [6.45, 7) is 0.734. The van der Waals surface area contributed by atoms with Gasteiger partial charge in [-0.2, -0.15) is 4.98 Å². The first-order valence-electron chi connectivity index (χ1n) is 8.35. The van der Waals surface area contributed by atoms with Crippen LogP contribution < -0.4 is 5.73 Å². The van der Waals surface area contributed by atoms with Crippen LogP contribution in [-0.2, 0) is 12.1 Å². The van der Waals surface area contributed by atoms with Gasteiger partial charge in [0.15, 0.2) is 11.6 Å². The fourth-order valence-corrected chi connectivity index (χ4v) is 3.49. The number of para-hydroxylation sites is 1. The molecule has 2 aromatic heterocycles. The molecule has 2 N–H and O–H groups in total. The minimum atomic E-state index is -0.463. The standard InChI is InChI=1S/C18H22N4O2.ClH/c1-22(2)11-13-12-7-3-4-8-14(12)23-15(13)16-20-17(21-24-16)18(19)9-5-6-10-18;/h3-4,7-8H,5-6,9-11,19H2,1-2H3;1H. The second kappa shape index (κ2) is 6.78. The Hall–Kier alpha value is -1.89. The number of hydrogen-bond acceptors (Lipinski definition) is 6. The van der Waals surface area contributed by atoms with Crippen molar-refractivity contribution in [2.24, 2.45) is 5.73 Å². The van der Waals surface area contributed by atoms with Gasteiger partial charge in [-0.05, 0) is 33.0 Å². The first-order chi connectivity index (χ1) is 11.6. The van der Waals surface area contributed by atoms with E-state index in [0.717, 1.165) is 48.8 Å². The third-order valence-corrected chi connectivity index (χ3v) is 4.73. The molecule has 3 aromatic rings. The van der Waals surface area contributed by atoms with Gasteiger partial charge in [0, 0.05) is 17.5 Å². The summed E-state index contributed by atoms with van der Waals surface area (Å²) in [4.78, 5) is 6.68. The lowest BCUT2D eigenvalue weighted by Crippen LogP contribution is -2.34. The number of benzene rings is 1. The third kappa shape index (κ3) is 3.17. The molecule has 0 aliphatic heterocycles. The number of halogens is 1. The summed E-state index contributed by atoms with van der Waals surface area (Å²) in [6, 6.07) is 7.98. The highest BCUT2D eigenvalue weighted by molar-refractivity contribution is 5.86. The number of hydrogen-bond donors (Lipinski definition) is 1. The number of furan rings is 1. The molecular formula is C18H23ClN4O2. The van der Waals surface area contributed by atoms with Gasteiger partial charge in [-0.25, -0.2) is 0 Å². The molecule has 0 atom stereocenters. The first-order valence-corrected chi connectivity index (χ1v) is 8.35. The smallest absolute Gasteiger partial charge is 0.294 e. The second-order valence-electron chi connectivity index (χ2n) is 6.93. The Morgan fingerprint density at radius 1 is 1.20 bits per heavy atom. The van der Waals surface area contributed by atoms with Crippen LogP contribution in [0.25, 0.3) is 22.6 Å². The number of rotatable bonds is 4. The van der Waals surface area contributed by atoms with Gasteiger partial charge in [-0.3, -0.25) is 0 Å². The fourth-order valence-electron chi connectivity index (χ4n) is 3.49. The molecule has 134 valence electrons. The average Bonchev–Trinajstić information content (AvgIpc) is 3.26. The van der Waals surface area contributed by atoms with Crippen LogP contribution in [0.4, 0.5) is 0 Å². The van der Waals surface area contributed by atoms with E-state index in [4.69, 9.17) is 14.7 Å². The lowest BCUT2D eigenvalue weighted by Gasteiger charge is -2.17. The Kier molecular flexibility index (Phi) is 4.86. The number of fused-ring (bicyclic) bond motifs is 1. The van der Waals surface area contributed by atoms with Crippen molar-refractivity contribution in [1.82, 2.24) is 15.0 Å². The van der Waals surface area contributed by atoms with E-state index in [0.29, 0.717) is 17.5 Å². The zero-order chi connectivity index (χ0) is 16.7. The normalized spacial score (nSPS) is 16.5. The summed E-state index contributed by atoms with van der Waals surface area (Å²) in [5.74, 6) is 1.64. The molecule has 1 saturated carbocycles. The minimum Gasteiger partial charge on any atom is -0.451 e. The van der Waals surface area contributed by atoms with E-state index in [9.17, 15) is 0 Å². The lowest BCUT2D eigenvalue weighted by atomic mass is 9.99. The van der Waals surface area contributed by atoms with Crippen LogP contribution in [0, 0.1) is 0 Å². The molecule has 0 amide bonds. The molecule has 0 saturated heterocycles. The summed E-state index contributed by atoms with van der Waals surface area (Å²) in [5.41, 5.74) is 7.86. The first kappa shape index (κ1) is 17.9. The van der Waals surface area contributed by atoms with E-state index >= 15 is 0 Å². The van der Waals surface area contributed by atoms with E-state index in [1.165, 1.54) is 0 Å². The maximum Gasteiger partial charge on any atom is 0.294 e.